The SMILES string of the molecule is CN(C)NC(=O)CC1CS(=O)(=O)CCN1. The average molecular weight is 235 g/mol. The van der Waals surface area contributed by atoms with Crippen LogP contribution in [0.1, 0.15) is 6.42 Å². The summed E-state index contributed by atoms with van der Waals surface area (Å²) in [6.07, 6.45) is 0.192. The minimum atomic E-state index is -2.96. The summed E-state index contributed by atoms with van der Waals surface area (Å²) in [4.78, 5) is 11.3. The van der Waals surface area contributed by atoms with Crippen LogP contribution in [0.4, 0.5) is 0 Å². The molecule has 15 heavy (non-hydrogen) atoms. The van der Waals surface area contributed by atoms with Crippen molar-refractivity contribution in [1.82, 2.24) is 15.8 Å². The van der Waals surface area contributed by atoms with Gasteiger partial charge in [0.25, 0.3) is 0 Å². The number of carbonyl (C=O) groups excluding carboxylic acids is 1. The molecular weight excluding hydrogens is 218 g/mol. The number of hydrogen-bond donors (Lipinski definition) is 2. The van der Waals surface area contributed by atoms with Gasteiger partial charge in [-0.1, -0.05) is 0 Å². The number of hydrogen-bond acceptors (Lipinski definition) is 5. The van der Waals surface area contributed by atoms with Gasteiger partial charge in [-0.2, -0.15) is 0 Å². The largest absolute Gasteiger partial charge is 0.311 e. The Kier molecular flexibility index (Phi) is 4.06. The quantitative estimate of drug-likeness (QED) is 0.573. The summed E-state index contributed by atoms with van der Waals surface area (Å²) in [6, 6.07) is -0.260. The van der Waals surface area contributed by atoms with Gasteiger partial charge in [0.2, 0.25) is 5.91 Å². The number of sulfone groups is 1. The van der Waals surface area contributed by atoms with E-state index in [1.54, 1.807) is 19.1 Å². The summed E-state index contributed by atoms with van der Waals surface area (Å²) < 4.78 is 22.6. The minimum Gasteiger partial charge on any atom is -0.311 e. The van der Waals surface area contributed by atoms with Crippen LogP contribution in [0.15, 0.2) is 0 Å². The summed E-state index contributed by atoms with van der Waals surface area (Å²) in [5, 5.41) is 4.56. The second kappa shape index (κ2) is 4.91. The van der Waals surface area contributed by atoms with Gasteiger partial charge in [-0.3, -0.25) is 10.2 Å². The molecule has 1 aliphatic heterocycles. The van der Waals surface area contributed by atoms with Gasteiger partial charge in [0.1, 0.15) is 0 Å². The Morgan fingerprint density at radius 3 is 2.73 bits per heavy atom. The lowest BCUT2D eigenvalue weighted by Crippen LogP contribution is -2.48. The monoisotopic (exact) mass is 235 g/mol. The first-order chi connectivity index (χ1) is 6.89. The molecule has 1 fully saturated rings. The molecule has 1 amide bonds. The van der Waals surface area contributed by atoms with Crippen LogP contribution in [0.3, 0.4) is 0 Å². The highest BCUT2D eigenvalue weighted by Crippen LogP contribution is 2.04. The molecule has 1 saturated heterocycles. The van der Waals surface area contributed by atoms with Crippen LogP contribution in [-0.4, -0.2) is 57.5 Å². The number of rotatable bonds is 3. The van der Waals surface area contributed by atoms with Gasteiger partial charge in [-0.05, 0) is 0 Å². The minimum absolute atomic E-state index is 0.0495. The molecule has 2 N–H and O–H groups in total. The highest BCUT2D eigenvalue weighted by Gasteiger charge is 2.25. The van der Waals surface area contributed by atoms with Gasteiger partial charge in [0.15, 0.2) is 9.84 Å². The molecule has 6 nitrogen and oxygen atoms in total. The second-order valence-corrected chi connectivity index (χ2v) is 6.13. The summed E-state index contributed by atoms with van der Waals surface area (Å²) in [5.74, 6) is 0.0433. The summed E-state index contributed by atoms with van der Waals surface area (Å²) >= 11 is 0. The fourth-order valence-electron chi connectivity index (χ4n) is 1.52. The van der Waals surface area contributed by atoms with E-state index in [9.17, 15) is 13.2 Å². The van der Waals surface area contributed by atoms with E-state index >= 15 is 0 Å². The molecule has 88 valence electrons. The van der Waals surface area contributed by atoms with E-state index in [1.165, 1.54) is 0 Å². The molecule has 0 spiro atoms. The van der Waals surface area contributed by atoms with E-state index in [0.29, 0.717) is 6.54 Å². The van der Waals surface area contributed by atoms with Gasteiger partial charge in [-0.25, -0.2) is 13.4 Å². The Morgan fingerprint density at radius 1 is 1.53 bits per heavy atom. The number of nitrogens with one attached hydrogen (secondary N) is 2. The van der Waals surface area contributed by atoms with Gasteiger partial charge in [0, 0.05) is 33.1 Å². The van der Waals surface area contributed by atoms with Gasteiger partial charge >= 0.3 is 0 Å². The van der Waals surface area contributed by atoms with Crippen molar-refractivity contribution in [2.24, 2.45) is 0 Å². The third-order valence-electron chi connectivity index (χ3n) is 2.08. The smallest absolute Gasteiger partial charge is 0.235 e. The molecule has 1 unspecified atom stereocenters. The maximum Gasteiger partial charge on any atom is 0.235 e. The van der Waals surface area contributed by atoms with Crippen LogP contribution in [0.5, 0.6) is 0 Å². The first kappa shape index (κ1) is 12.4. The Morgan fingerprint density at radius 2 is 2.20 bits per heavy atom. The van der Waals surface area contributed by atoms with Crippen molar-refractivity contribution in [3.63, 3.8) is 0 Å². The standard InChI is InChI=1S/C8H17N3O3S/c1-11(2)10-8(12)5-7-6-15(13,14)4-3-9-7/h7,9H,3-6H2,1-2H3,(H,10,12). The van der Waals surface area contributed by atoms with Crippen LogP contribution in [0, 0.1) is 0 Å². The summed E-state index contributed by atoms with van der Waals surface area (Å²) in [6.45, 7) is 0.433. The van der Waals surface area contributed by atoms with Crippen molar-refractivity contribution in [2.75, 3.05) is 32.1 Å². The Labute approximate surface area is 89.9 Å². The second-order valence-electron chi connectivity index (χ2n) is 3.90. The van der Waals surface area contributed by atoms with E-state index in [2.05, 4.69) is 10.7 Å². The molecule has 0 aromatic carbocycles. The van der Waals surface area contributed by atoms with Gasteiger partial charge in [-0.15, -0.1) is 0 Å². The molecule has 1 heterocycles. The van der Waals surface area contributed by atoms with Crippen molar-refractivity contribution in [2.45, 2.75) is 12.5 Å². The van der Waals surface area contributed by atoms with Crippen molar-refractivity contribution in [1.29, 1.82) is 0 Å². The van der Waals surface area contributed by atoms with Crippen LogP contribution in [0.2, 0.25) is 0 Å². The number of hydrazine groups is 1. The number of amides is 1. The highest BCUT2D eigenvalue weighted by molar-refractivity contribution is 7.91. The van der Waals surface area contributed by atoms with E-state index in [1.807, 2.05) is 0 Å². The molecule has 0 radical (unpaired) electrons. The summed E-state index contributed by atoms with van der Waals surface area (Å²) in [7, 11) is 0.460. The van der Waals surface area contributed by atoms with Crippen molar-refractivity contribution < 1.29 is 13.2 Å². The normalized spacial score (nSPS) is 25.1. The van der Waals surface area contributed by atoms with Crippen LogP contribution in [-0.2, 0) is 14.6 Å². The van der Waals surface area contributed by atoms with Gasteiger partial charge < -0.3 is 5.32 Å². The lowest BCUT2D eigenvalue weighted by molar-refractivity contribution is -0.125. The fraction of sp³-hybridized carbons (Fsp3) is 0.875. The van der Waals surface area contributed by atoms with E-state index in [0.717, 1.165) is 0 Å². The predicted molar refractivity (Wildman–Crippen MR) is 56.9 cm³/mol. The Hall–Kier alpha value is -0.660. The molecule has 0 saturated carbocycles. The topological polar surface area (TPSA) is 78.5 Å². The molecule has 0 bridgehead atoms. The van der Waals surface area contributed by atoms with Crippen LogP contribution >= 0.6 is 0 Å². The molecule has 0 aromatic heterocycles. The molecular formula is C8H17N3O3S. The maximum absolute atomic E-state index is 11.3. The zero-order chi connectivity index (χ0) is 11.5. The Bertz CT molecular complexity index is 326. The molecule has 7 heteroatoms. The summed E-state index contributed by atoms with van der Waals surface area (Å²) in [5.41, 5.74) is 2.58. The van der Waals surface area contributed by atoms with Crippen molar-refractivity contribution >= 4 is 15.7 Å². The lowest BCUT2D eigenvalue weighted by Gasteiger charge is -2.23. The maximum atomic E-state index is 11.3. The van der Waals surface area contributed by atoms with Gasteiger partial charge in [0.05, 0.1) is 11.5 Å². The van der Waals surface area contributed by atoms with Crippen LogP contribution < -0.4 is 10.7 Å². The third kappa shape index (κ3) is 4.59. The van der Waals surface area contributed by atoms with Crippen LogP contribution in [0.25, 0.3) is 0 Å². The van der Waals surface area contributed by atoms with Crippen molar-refractivity contribution in [3.8, 4) is 0 Å². The number of nitrogens with zero attached hydrogens (tertiary/aromatic N) is 1. The van der Waals surface area contributed by atoms with E-state index in [4.69, 9.17) is 0 Å². The van der Waals surface area contributed by atoms with E-state index < -0.39 is 9.84 Å². The Balaban J connectivity index is 2.42. The zero-order valence-electron chi connectivity index (χ0n) is 8.99. The number of carbonyl (C=O) groups is 1. The molecule has 1 aliphatic rings. The zero-order valence-corrected chi connectivity index (χ0v) is 9.80. The predicted octanol–water partition coefficient (Wildman–Crippen LogP) is -1.64. The molecule has 0 aliphatic carbocycles. The first-order valence-corrected chi connectivity index (χ1v) is 6.62. The third-order valence-corrected chi connectivity index (χ3v) is 3.82. The lowest BCUT2D eigenvalue weighted by atomic mass is 10.2. The fourth-order valence-corrected chi connectivity index (χ4v) is 2.96. The first-order valence-electron chi connectivity index (χ1n) is 4.80. The molecule has 1 atom stereocenters. The van der Waals surface area contributed by atoms with E-state index in [-0.39, 0.29) is 29.9 Å². The highest BCUT2D eigenvalue weighted by atomic mass is 32.2. The van der Waals surface area contributed by atoms with Crippen molar-refractivity contribution in [3.05, 3.63) is 0 Å². The average Bonchev–Trinajstić information content (AvgIpc) is 1.99. The molecule has 0 aromatic rings. The molecule has 1 rings (SSSR count).